The molecule has 21 heavy (non-hydrogen) atoms. The Bertz CT molecular complexity index is 473. The summed E-state index contributed by atoms with van der Waals surface area (Å²) in [6.07, 6.45) is 2.79. The Kier molecular flexibility index (Phi) is 3.01. The molecule has 5 fully saturated rings. The van der Waals surface area contributed by atoms with E-state index in [4.69, 9.17) is 0 Å². The van der Waals surface area contributed by atoms with Gasteiger partial charge in [0, 0.05) is 21.1 Å². The van der Waals surface area contributed by atoms with Crippen molar-refractivity contribution in [2.45, 2.75) is 90.0 Å². The lowest BCUT2D eigenvalue weighted by Crippen LogP contribution is -2.41. The number of rotatable bonds is 4. The molecular weight excluding hydrogens is 330 g/mol. The highest BCUT2D eigenvalue weighted by Gasteiger charge is 3.11. The Morgan fingerprint density at radius 2 is 1.05 bits per heavy atom. The van der Waals surface area contributed by atoms with Gasteiger partial charge in [0.05, 0.1) is 9.28 Å². The van der Waals surface area contributed by atoms with Crippen LogP contribution in [0.3, 0.4) is 0 Å². The van der Waals surface area contributed by atoms with Crippen LogP contribution >= 0.6 is 30.7 Å². The van der Waals surface area contributed by atoms with E-state index in [1.807, 2.05) is 0 Å². The summed E-state index contributed by atoms with van der Waals surface area (Å²) in [6.45, 7) is 22.9. The third-order valence-corrected chi connectivity index (χ3v) is 35.9. The minimum atomic E-state index is 0.259. The van der Waals surface area contributed by atoms with E-state index in [0.29, 0.717) is 31.6 Å². The van der Waals surface area contributed by atoms with Crippen molar-refractivity contribution in [3.05, 3.63) is 0 Å². The molecule has 5 heterocycles. The summed E-state index contributed by atoms with van der Waals surface area (Å²) >= 11 is 0. The van der Waals surface area contributed by atoms with Crippen molar-refractivity contribution in [2.24, 2.45) is 10.8 Å². The van der Waals surface area contributed by atoms with E-state index < -0.39 is 0 Å². The van der Waals surface area contributed by atoms with Crippen LogP contribution in [0, 0.1) is 10.8 Å². The summed E-state index contributed by atoms with van der Waals surface area (Å²) in [5.41, 5.74) is 1.68. The molecule has 5 rings (SSSR count). The third kappa shape index (κ3) is 1.32. The highest BCUT2D eigenvalue weighted by atomic mass is 32.3. The Balaban J connectivity index is 1.80. The molecule has 5 aliphatic heterocycles. The summed E-state index contributed by atoms with van der Waals surface area (Å²) in [7, 11) is 1.24. The first kappa shape index (κ1) is 16.2. The molecule has 2 atom stereocenters. The number of hydrogen-bond acceptors (Lipinski definition) is 1. The molecule has 0 aromatic heterocycles. The van der Waals surface area contributed by atoms with Gasteiger partial charge in [-0.2, -0.15) is 0 Å². The first-order valence-corrected chi connectivity index (χ1v) is 15.2. The summed E-state index contributed by atoms with van der Waals surface area (Å²) in [4.78, 5) is 0. The van der Waals surface area contributed by atoms with Crippen molar-refractivity contribution >= 4 is 30.7 Å². The van der Waals surface area contributed by atoms with Gasteiger partial charge in [-0.05, 0) is 59.7 Å². The lowest BCUT2D eigenvalue weighted by atomic mass is 9.91. The molecule has 2 unspecified atom stereocenters. The third-order valence-electron chi connectivity index (χ3n) is 6.58. The van der Waals surface area contributed by atoms with Crippen LogP contribution in [-0.2, 0) is 0 Å². The van der Waals surface area contributed by atoms with Crippen molar-refractivity contribution in [1.82, 2.24) is 4.44 Å². The maximum Gasteiger partial charge on any atom is 0.0655 e. The molecule has 5 aliphatic rings. The quantitative estimate of drug-likeness (QED) is 0.460. The largest absolute Gasteiger partial charge is 0.245 e. The molecule has 5 saturated heterocycles. The van der Waals surface area contributed by atoms with Gasteiger partial charge in [0.25, 0.3) is 0 Å². The molecule has 0 amide bonds. The van der Waals surface area contributed by atoms with Crippen molar-refractivity contribution in [1.29, 1.82) is 0 Å². The van der Waals surface area contributed by atoms with E-state index >= 15 is 0 Å². The SMILES string of the molecule is CCC(C)(C)C12P3N(C(C)(C)C)P4P1C4(C(C)(C)CC)P32. The van der Waals surface area contributed by atoms with Gasteiger partial charge in [-0.15, -0.1) is 0 Å². The Hall–Kier alpha value is 1.68. The summed E-state index contributed by atoms with van der Waals surface area (Å²) in [5.74, 6) is 0. The maximum absolute atomic E-state index is 3.16. The van der Waals surface area contributed by atoms with E-state index in [0.717, 1.165) is 9.28 Å². The molecule has 0 N–H and O–H groups in total. The Morgan fingerprint density at radius 3 is 1.29 bits per heavy atom. The lowest BCUT2D eigenvalue weighted by molar-refractivity contribution is 0.324. The molecule has 0 saturated carbocycles. The minimum absolute atomic E-state index is 0.259. The van der Waals surface area contributed by atoms with E-state index in [1.165, 1.54) is 12.8 Å². The second-order valence-electron chi connectivity index (χ2n) is 9.41. The lowest BCUT2D eigenvalue weighted by Gasteiger charge is -2.48. The standard InChI is InChI=1S/C16H31NP4/c1-10-13(6,7)15-18-16(14(8,9)11-2)19(15)21(16)17(20(15)18)12(3,4)5/h10-11H2,1-9H3. The molecule has 5 heteroatoms. The molecule has 0 aliphatic carbocycles. The van der Waals surface area contributed by atoms with Gasteiger partial charge in [0.1, 0.15) is 0 Å². The fourth-order valence-electron chi connectivity index (χ4n) is 4.65. The van der Waals surface area contributed by atoms with Crippen LogP contribution in [0.15, 0.2) is 0 Å². The van der Waals surface area contributed by atoms with Gasteiger partial charge in [-0.3, -0.25) is 0 Å². The van der Waals surface area contributed by atoms with Gasteiger partial charge < -0.3 is 0 Å². The van der Waals surface area contributed by atoms with E-state index in [-0.39, 0.29) is 15.5 Å². The topological polar surface area (TPSA) is 3.24 Å². The van der Waals surface area contributed by atoms with Crippen LogP contribution in [0.2, 0.25) is 0 Å². The smallest absolute Gasteiger partial charge is 0.0655 e. The van der Waals surface area contributed by atoms with Gasteiger partial charge in [0.2, 0.25) is 0 Å². The normalized spacial score (nSPS) is 50.7. The van der Waals surface area contributed by atoms with E-state index in [2.05, 4.69) is 66.8 Å². The van der Waals surface area contributed by atoms with Crippen LogP contribution < -0.4 is 0 Å². The molecule has 1 nitrogen and oxygen atoms in total. The summed E-state index contributed by atoms with van der Waals surface area (Å²) < 4.78 is 4.95. The fourth-order valence-corrected chi connectivity index (χ4v) is 54.4. The highest BCUT2D eigenvalue weighted by Crippen LogP contribution is 3.52. The Morgan fingerprint density at radius 1 is 0.714 bits per heavy atom. The van der Waals surface area contributed by atoms with Crippen LogP contribution in [-0.4, -0.2) is 19.3 Å². The first-order chi connectivity index (χ1) is 9.48. The molecule has 0 spiro atoms. The second kappa shape index (κ2) is 3.91. The predicted octanol–water partition coefficient (Wildman–Crippen LogP) is 7.91. The number of nitrogens with zero attached hydrogens (tertiary/aromatic N) is 1. The van der Waals surface area contributed by atoms with Crippen LogP contribution in [0.25, 0.3) is 0 Å². The molecule has 120 valence electrons. The van der Waals surface area contributed by atoms with E-state index in [9.17, 15) is 0 Å². The Labute approximate surface area is 136 Å². The van der Waals surface area contributed by atoms with Gasteiger partial charge >= 0.3 is 0 Å². The summed E-state index contributed by atoms with van der Waals surface area (Å²) in [6, 6.07) is 0. The fraction of sp³-hybridized carbons (Fsp3) is 1.00. The van der Waals surface area contributed by atoms with Gasteiger partial charge in [-0.1, -0.05) is 41.5 Å². The zero-order valence-corrected chi connectivity index (χ0v) is 18.7. The van der Waals surface area contributed by atoms with Crippen LogP contribution in [0.1, 0.15) is 75.2 Å². The molecule has 0 aromatic carbocycles. The first-order valence-electron chi connectivity index (χ1n) is 8.49. The van der Waals surface area contributed by atoms with Crippen molar-refractivity contribution in [2.75, 3.05) is 0 Å². The van der Waals surface area contributed by atoms with Gasteiger partial charge in [0.15, 0.2) is 0 Å². The average molecular weight is 361 g/mol. The van der Waals surface area contributed by atoms with Crippen LogP contribution in [0.4, 0.5) is 0 Å². The van der Waals surface area contributed by atoms with Crippen molar-refractivity contribution < 1.29 is 0 Å². The summed E-state index contributed by atoms with van der Waals surface area (Å²) in [5, 5.41) is 0. The predicted molar refractivity (Wildman–Crippen MR) is 103 cm³/mol. The molecular formula is C16H31NP4. The second-order valence-corrected chi connectivity index (χ2v) is 23.7. The minimum Gasteiger partial charge on any atom is -0.245 e. The maximum atomic E-state index is 3.16. The monoisotopic (exact) mass is 361 g/mol. The number of hydrogen-bond donors (Lipinski definition) is 0. The zero-order valence-electron chi connectivity index (χ0n) is 15.2. The van der Waals surface area contributed by atoms with E-state index in [1.54, 1.807) is 0 Å². The molecule has 0 radical (unpaired) electrons. The van der Waals surface area contributed by atoms with Crippen molar-refractivity contribution in [3.63, 3.8) is 0 Å². The van der Waals surface area contributed by atoms with Crippen LogP contribution in [0.5, 0.6) is 0 Å². The zero-order chi connectivity index (χ0) is 15.8. The van der Waals surface area contributed by atoms with Gasteiger partial charge in [-0.25, -0.2) is 4.44 Å². The average Bonchev–Trinajstić information content (AvgIpc) is 3.03. The molecule has 2 bridgehead atoms. The highest BCUT2D eigenvalue weighted by molar-refractivity contribution is 8.83. The molecule has 0 aromatic rings. The van der Waals surface area contributed by atoms with Crippen molar-refractivity contribution in [3.8, 4) is 0 Å².